The van der Waals surface area contributed by atoms with E-state index >= 15 is 0 Å². The fourth-order valence-electron chi connectivity index (χ4n) is 2.87. The van der Waals surface area contributed by atoms with Crippen molar-refractivity contribution in [2.75, 3.05) is 13.2 Å². The lowest BCUT2D eigenvalue weighted by atomic mass is 10.1. The molecule has 2 fully saturated rings. The molecular weight excluding hydrogens is 258 g/mol. The van der Waals surface area contributed by atoms with E-state index < -0.39 is 6.10 Å². The molecule has 4 atom stereocenters. The minimum Gasteiger partial charge on any atom is -0.388 e. The van der Waals surface area contributed by atoms with Gasteiger partial charge in [0.1, 0.15) is 30.0 Å². The first kappa shape index (κ1) is 12.0. The van der Waals surface area contributed by atoms with Crippen molar-refractivity contribution >= 4 is 0 Å². The Morgan fingerprint density at radius 2 is 1.90 bits per heavy atom. The number of ether oxygens (including phenoxy) is 2. The summed E-state index contributed by atoms with van der Waals surface area (Å²) in [6.45, 7) is 0.816. The number of rotatable bonds is 2. The van der Waals surface area contributed by atoms with Gasteiger partial charge in [0.25, 0.3) is 0 Å². The molecule has 0 saturated carbocycles. The summed E-state index contributed by atoms with van der Waals surface area (Å²) in [5.74, 6) is 0. The van der Waals surface area contributed by atoms with E-state index in [9.17, 15) is 5.11 Å². The lowest BCUT2D eigenvalue weighted by Crippen LogP contribution is -2.30. The van der Waals surface area contributed by atoms with E-state index in [2.05, 4.69) is 10.3 Å². The maximum absolute atomic E-state index is 9.75. The predicted molar refractivity (Wildman–Crippen MR) is 70.0 cm³/mol. The van der Waals surface area contributed by atoms with E-state index in [1.54, 1.807) is 4.68 Å². The molecule has 2 aliphatic rings. The molecule has 4 unspecified atom stereocenters. The van der Waals surface area contributed by atoms with Gasteiger partial charge in [0.2, 0.25) is 0 Å². The zero-order chi connectivity index (χ0) is 13.5. The first-order chi connectivity index (χ1) is 9.83. The van der Waals surface area contributed by atoms with E-state index in [0.29, 0.717) is 13.2 Å². The van der Waals surface area contributed by atoms with Crippen LogP contribution in [0.4, 0.5) is 0 Å². The van der Waals surface area contributed by atoms with Crippen LogP contribution < -0.4 is 0 Å². The molecule has 2 saturated heterocycles. The maximum Gasteiger partial charge on any atom is 0.114 e. The van der Waals surface area contributed by atoms with Gasteiger partial charge in [-0.3, -0.25) is 0 Å². The average Bonchev–Trinajstić information content (AvgIpc) is 3.18. The lowest BCUT2D eigenvalue weighted by Gasteiger charge is -2.15. The van der Waals surface area contributed by atoms with Crippen LogP contribution in [0.2, 0.25) is 0 Å². The molecule has 4 rings (SSSR count). The molecular formula is C14H15N3O3. The summed E-state index contributed by atoms with van der Waals surface area (Å²) in [5.41, 5.74) is 1.86. The van der Waals surface area contributed by atoms with Crippen LogP contribution in [0.3, 0.4) is 0 Å². The molecule has 0 aliphatic carbocycles. The Morgan fingerprint density at radius 1 is 1.10 bits per heavy atom. The molecule has 1 aromatic carbocycles. The number of hydrogen-bond donors (Lipinski definition) is 1. The van der Waals surface area contributed by atoms with E-state index in [1.165, 1.54) is 0 Å². The van der Waals surface area contributed by atoms with Gasteiger partial charge in [0.05, 0.1) is 19.4 Å². The molecule has 0 amide bonds. The Bertz CT molecular complexity index is 601. The van der Waals surface area contributed by atoms with Crippen LogP contribution in [0.15, 0.2) is 36.5 Å². The molecule has 2 aliphatic heterocycles. The molecule has 6 nitrogen and oxygen atoms in total. The third-order valence-corrected chi connectivity index (χ3v) is 3.92. The van der Waals surface area contributed by atoms with E-state index in [1.807, 2.05) is 36.5 Å². The summed E-state index contributed by atoms with van der Waals surface area (Å²) in [7, 11) is 0. The van der Waals surface area contributed by atoms with Gasteiger partial charge in [-0.2, -0.15) is 0 Å². The van der Waals surface area contributed by atoms with Crippen LogP contribution >= 0.6 is 0 Å². The van der Waals surface area contributed by atoms with Crippen LogP contribution in [-0.2, 0) is 9.47 Å². The molecule has 104 valence electrons. The van der Waals surface area contributed by atoms with Crippen molar-refractivity contribution in [3.8, 4) is 11.3 Å². The van der Waals surface area contributed by atoms with Gasteiger partial charge in [-0.15, -0.1) is 5.10 Å². The second kappa shape index (κ2) is 4.66. The van der Waals surface area contributed by atoms with Crippen LogP contribution in [0, 0.1) is 0 Å². The van der Waals surface area contributed by atoms with Crippen LogP contribution in [0.1, 0.15) is 6.04 Å². The van der Waals surface area contributed by atoms with Crippen molar-refractivity contribution in [1.82, 2.24) is 15.0 Å². The van der Waals surface area contributed by atoms with Gasteiger partial charge >= 0.3 is 0 Å². The summed E-state index contributed by atoms with van der Waals surface area (Å²) in [6.07, 6.45) is 0.974. The number of hydrogen-bond acceptors (Lipinski definition) is 5. The predicted octanol–water partition coefficient (Wildman–Crippen LogP) is 0.645. The molecule has 3 heterocycles. The second-order valence-corrected chi connectivity index (χ2v) is 5.18. The first-order valence-corrected chi connectivity index (χ1v) is 6.71. The number of nitrogens with zero attached hydrogens (tertiary/aromatic N) is 3. The van der Waals surface area contributed by atoms with Crippen molar-refractivity contribution in [2.45, 2.75) is 24.4 Å². The minimum absolute atomic E-state index is 0.0258. The van der Waals surface area contributed by atoms with Crippen LogP contribution in [-0.4, -0.2) is 51.6 Å². The molecule has 0 spiro atoms. The standard InChI is InChI=1S/C14H15N3O3/c18-12-8-20-13-11(7-19-14(12)13)17-6-10(15-16-17)9-4-2-1-3-5-9/h1-6,11-14,18H,7-8H2. The fraction of sp³-hybridized carbons (Fsp3) is 0.429. The minimum atomic E-state index is -0.540. The summed E-state index contributed by atoms with van der Waals surface area (Å²) in [6, 6.07) is 9.88. The topological polar surface area (TPSA) is 69.4 Å². The summed E-state index contributed by atoms with van der Waals surface area (Å²) >= 11 is 0. The zero-order valence-corrected chi connectivity index (χ0v) is 10.8. The van der Waals surface area contributed by atoms with Gasteiger partial charge < -0.3 is 14.6 Å². The highest BCUT2D eigenvalue weighted by Crippen LogP contribution is 2.34. The number of aliphatic hydroxyl groups is 1. The van der Waals surface area contributed by atoms with Gasteiger partial charge in [0, 0.05) is 5.56 Å². The van der Waals surface area contributed by atoms with Gasteiger partial charge in [-0.05, 0) is 0 Å². The second-order valence-electron chi connectivity index (χ2n) is 5.18. The normalized spacial score (nSPS) is 32.5. The maximum atomic E-state index is 9.75. The third kappa shape index (κ3) is 1.84. The smallest absolute Gasteiger partial charge is 0.114 e. The van der Waals surface area contributed by atoms with E-state index in [4.69, 9.17) is 9.47 Å². The Labute approximate surface area is 115 Å². The molecule has 0 bridgehead atoms. The SMILES string of the molecule is OC1COC2C1OCC2n1cc(-c2ccccc2)nn1. The highest BCUT2D eigenvalue weighted by Gasteiger charge is 2.48. The number of fused-ring (bicyclic) bond motifs is 1. The Morgan fingerprint density at radius 3 is 2.75 bits per heavy atom. The molecule has 1 aromatic heterocycles. The van der Waals surface area contributed by atoms with Crippen molar-refractivity contribution in [1.29, 1.82) is 0 Å². The summed E-state index contributed by atoms with van der Waals surface area (Å²) in [4.78, 5) is 0. The van der Waals surface area contributed by atoms with Gasteiger partial charge in [-0.1, -0.05) is 35.5 Å². The Kier molecular flexibility index (Phi) is 2.80. The molecule has 6 heteroatoms. The van der Waals surface area contributed by atoms with E-state index in [-0.39, 0.29) is 18.2 Å². The largest absolute Gasteiger partial charge is 0.388 e. The van der Waals surface area contributed by atoms with Gasteiger partial charge in [-0.25, -0.2) is 4.68 Å². The Balaban J connectivity index is 1.60. The van der Waals surface area contributed by atoms with E-state index in [0.717, 1.165) is 11.3 Å². The quantitative estimate of drug-likeness (QED) is 0.869. The monoisotopic (exact) mass is 273 g/mol. The highest BCUT2D eigenvalue weighted by atomic mass is 16.6. The average molecular weight is 273 g/mol. The summed E-state index contributed by atoms with van der Waals surface area (Å²) in [5, 5.41) is 18.1. The van der Waals surface area contributed by atoms with Crippen LogP contribution in [0.5, 0.6) is 0 Å². The third-order valence-electron chi connectivity index (χ3n) is 3.92. The summed E-state index contributed by atoms with van der Waals surface area (Å²) < 4.78 is 13.0. The molecule has 2 aromatic rings. The first-order valence-electron chi connectivity index (χ1n) is 6.71. The highest BCUT2D eigenvalue weighted by molar-refractivity contribution is 5.57. The molecule has 20 heavy (non-hydrogen) atoms. The number of aromatic nitrogens is 3. The van der Waals surface area contributed by atoms with Crippen molar-refractivity contribution in [3.63, 3.8) is 0 Å². The fourth-order valence-corrected chi connectivity index (χ4v) is 2.87. The lowest BCUT2D eigenvalue weighted by molar-refractivity contribution is 0.0169. The number of aliphatic hydroxyl groups excluding tert-OH is 1. The van der Waals surface area contributed by atoms with Crippen molar-refractivity contribution < 1.29 is 14.6 Å². The van der Waals surface area contributed by atoms with Crippen molar-refractivity contribution in [2.24, 2.45) is 0 Å². The molecule has 0 radical (unpaired) electrons. The molecule has 1 N–H and O–H groups in total. The van der Waals surface area contributed by atoms with Crippen molar-refractivity contribution in [3.05, 3.63) is 36.5 Å². The van der Waals surface area contributed by atoms with Crippen LogP contribution in [0.25, 0.3) is 11.3 Å². The number of benzene rings is 1. The zero-order valence-electron chi connectivity index (χ0n) is 10.8. The van der Waals surface area contributed by atoms with Gasteiger partial charge in [0.15, 0.2) is 0 Å². The Hall–Kier alpha value is -1.76.